The summed E-state index contributed by atoms with van der Waals surface area (Å²) in [5.41, 5.74) is 3.38. The molecular weight excluding hydrogens is 625 g/mol. The lowest BCUT2D eigenvalue weighted by Gasteiger charge is -2.31. The Morgan fingerprint density at radius 3 is 2.50 bits per heavy atom. The summed E-state index contributed by atoms with van der Waals surface area (Å²) in [6, 6.07) is 22.4. The summed E-state index contributed by atoms with van der Waals surface area (Å²) in [6.45, 7) is 5.49. The van der Waals surface area contributed by atoms with Crippen molar-refractivity contribution in [2.45, 2.75) is 58.3 Å². The fourth-order valence-corrected chi connectivity index (χ4v) is 6.14. The van der Waals surface area contributed by atoms with Crippen LogP contribution in [0.1, 0.15) is 49.1 Å². The highest BCUT2D eigenvalue weighted by atomic mass is 32.2. The zero-order valence-corrected chi connectivity index (χ0v) is 28.6. The van der Waals surface area contributed by atoms with E-state index >= 15 is 0 Å². The summed E-state index contributed by atoms with van der Waals surface area (Å²) < 4.78 is 1.92. The normalized spacial score (nSPS) is 13.1. The standard InChI is InChI=1S/C37H44N6O4S/c1-4-26(2)34(41-35(44)18-31-20-39-25-43(31)21-28-14-12-27(19-38)13-15-28)23-42(24-36(45)40-33(37(46)47)16-17-48-3)22-30-10-7-9-29-8-5-6-11-32(29)30/h5-15,20,25-26,33-34H,4,16-18,21-24H2,1-3H3,(H,40,45)(H,41,44)(H,46,47)/t26?,33-,34?/m0/s1. The van der Waals surface area contributed by atoms with Crippen molar-refractivity contribution in [3.63, 3.8) is 0 Å². The lowest BCUT2D eigenvalue weighted by atomic mass is 9.97. The Bertz CT molecular complexity index is 1710. The van der Waals surface area contributed by atoms with Crippen molar-refractivity contribution < 1.29 is 19.5 Å². The van der Waals surface area contributed by atoms with Crippen molar-refractivity contribution in [1.29, 1.82) is 5.26 Å². The molecule has 0 saturated heterocycles. The molecule has 11 heteroatoms. The van der Waals surface area contributed by atoms with Crippen LogP contribution >= 0.6 is 11.8 Å². The van der Waals surface area contributed by atoms with Gasteiger partial charge in [0.05, 0.1) is 30.9 Å². The van der Waals surface area contributed by atoms with Crippen molar-refractivity contribution in [2.24, 2.45) is 5.92 Å². The maximum absolute atomic E-state index is 13.5. The highest BCUT2D eigenvalue weighted by Gasteiger charge is 2.26. The van der Waals surface area contributed by atoms with Crippen LogP contribution in [-0.2, 0) is 33.9 Å². The van der Waals surface area contributed by atoms with E-state index in [0.29, 0.717) is 37.4 Å². The number of carbonyl (C=O) groups is 3. The summed E-state index contributed by atoms with van der Waals surface area (Å²) in [4.78, 5) is 45.0. The average molecular weight is 669 g/mol. The first-order valence-electron chi connectivity index (χ1n) is 16.2. The molecule has 4 aromatic rings. The molecule has 0 fully saturated rings. The van der Waals surface area contributed by atoms with Gasteiger partial charge in [0.15, 0.2) is 0 Å². The molecule has 3 atom stereocenters. The van der Waals surface area contributed by atoms with Gasteiger partial charge in [-0.1, -0.05) is 74.9 Å². The topological polar surface area (TPSA) is 140 Å². The predicted molar refractivity (Wildman–Crippen MR) is 189 cm³/mol. The van der Waals surface area contributed by atoms with Gasteiger partial charge in [0.25, 0.3) is 0 Å². The average Bonchev–Trinajstić information content (AvgIpc) is 3.51. The Kier molecular flexibility index (Phi) is 13.6. The molecule has 252 valence electrons. The van der Waals surface area contributed by atoms with Crippen molar-refractivity contribution in [3.05, 3.63) is 102 Å². The molecule has 0 aliphatic carbocycles. The van der Waals surface area contributed by atoms with E-state index in [1.165, 1.54) is 11.8 Å². The number of aliphatic carboxylic acids is 1. The van der Waals surface area contributed by atoms with Gasteiger partial charge in [-0.15, -0.1) is 0 Å². The van der Waals surface area contributed by atoms with Gasteiger partial charge in [0.1, 0.15) is 6.04 Å². The monoisotopic (exact) mass is 668 g/mol. The van der Waals surface area contributed by atoms with Gasteiger partial charge >= 0.3 is 5.97 Å². The van der Waals surface area contributed by atoms with Gasteiger partial charge in [0.2, 0.25) is 11.8 Å². The van der Waals surface area contributed by atoms with Crippen molar-refractivity contribution in [3.8, 4) is 6.07 Å². The highest BCUT2D eigenvalue weighted by Crippen LogP contribution is 2.21. The van der Waals surface area contributed by atoms with Gasteiger partial charge in [0, 0.05) is 37.6 Å². The van der Waals surface area contributed by atoms with E-state index in [2.05, 4.69) is 41.6 Å². The van der Waals surface area contributed by atoms with Crippen molar-refractivity contribution in [1.82, 2.24) is 25.1 Å². The van der Waals surface area contributed by atoms with Crippen LogP contribution in [0, 0.1) is 17.2 Å². The lowest BCUT2D eigenvalue weighted by Crippen LogP contribution is -2.51. The van der Waals surface area contributed by atoms with Gasteiger partial charge < -0.3 is 20.3 Å². The van der Waals surface area contributed by atoms with Crippen molar-refractivity contribution in [2.75, 3.05) is 25.1 Å². The molecule has 48 heavy (non-hydrogen) atoms. The van der Waals surface area contributed by atoms with Crippen LogP contribution in [0.25, 0.3) is 10.8 Å². The number of hydrogen-bond donors (Lipinski definition) is 3. The minimum absolute atomic E-state index is 0.0214. The van der Waals surface area contributed by atoms with E-state index in [4.69, 9.17) is 5.26 Å². The third kappa shape index (κ3) is 10.4. The van der Waals surface area contributed by atoms with Gasteiger partial charge in [-0.2, -0.15) is 17.0 Å². The van der Waals surface area contributed by atoms with Crippen LogP contribution in [0.4, 0.5) is 0 Å². The second-order valence-electron chi connectivity index (χ2n) is 12.1. The van der Waals surface area contributed by atoms with E-state index in [0.717, 1.165) is 34.0 Å². The number of nitriles is 1. The summed E-state index contributed by atoms with van der Waals surface area (Å²) >= 11 is 1.53. The van der Waals surface area contributed by atoms with E-state index < -0.39 is 12.0 Å². The first-order valence-corrected chi connectivity index (χ1v) is 17.6. The van der Waals surface area contributed by atoms with Crippen LogP contribution in [-0.4, -0.2) is 74.5 Å². The number of amides is 2. The molecule has 0 bridgehead atoms. The fraction of sp³-hybridized carbons (Fsp3) is 0.378. The molecule has 0 aliphatic rings. The highest BCUT2D eigenvalue weighted by molar-refractivity contribution is 7.98. The van der Waals surface area contributed by atoms with Crippen LogP contribution in [0.3, 0.4) is 0 Å². The second kappa shape index (κ2) is 18.0. The predicted octanol–water partition coefficient (Wildman–Crippen LogP) is 4.85. The lowest BCUT2D eigenvalue weighted by molar-refractivity contribution is -0.142. The van der Waals surface area contributed by atoms with Crippen molar-refractivity contribution >= 4 is 40.3 Å². The third-order valence-corrected chi connectivity index (χ3v) is 9.24. The largest absolute Gasteiger partial charge is 0.480 e. The van der Waals surface area contributed by atoms with Crippen LogP contribution < -0.4 is 10.6 Å². The van der Waals surface area contributed by atoms with Gasteiger partial charge in [-0.3, -0.25) is 14.5 Å². The molecule has 3 aromatic carbocycles. The number of carboxylic acids is 1. The zero-order chi connectivity index (χ0) is 34.5. The molecule has 0 saturated carbocycles. The quantitative estimate of drug-likeness (QED) is 0.137. The van der Waals surface area contributed by atoms with E-state index in [9.17, 15) is 19.5 Å². The smallest absolute Gasteiger partial charge is 0.326 e. The Balaban J connectivity index is 1.51. The molecule has 10 nitrogen and oxygen atoms in total. The summed E-state index contributed by atoms with van der Waals surface area (Å²) in [5.74, 6) is -0.861. The minimum atomic E-state index is -1.05. The number of rotatable bonds is 18. The Morgan fingerprint density at radius 1 is 1.04 bits per heavy atom. The van der Waals surface area contributed by atoms with Gasteiger partial charge in [-0.25, -0.2) is 9.78 Å². The van der Waals surface area contributed by atoms with Crippen LogP contribution in [0.5, 0.6) is 0 Å². The number of carbonyl (C=O) groups excluding carboxylic acids is 2. The third-order valence-electron chi connectivity index (χ3n) is 8.59. The van der Waals surface area contributed by atoms with E-state index in [1.54, 1.807) is 24.7 Å². The zero-order valence-electron chi connectivity index (χ0n) is 27.8. The Morgan fingerprint density at radius 2 is 1.79 bits per heavy atom. The summed E-state index contributed by atoms with van der Waals surface area (Å²) in [5, 5.41) is 26.9. The molecule has 0 spiro atoms. The number of benzene rings is 3. The molecule has 3 N–H and O–H groups in total. The second-order valence-corrected chi connectivity index (χ2v) is 13.1. The number of hydrogen-bond acceptors (Lipinski definition) is 7. The first-order chi connectivity index (χ1) is 23.2. The summed E-state index contributed by atoms with van der Waals surface area (Å²) in [6.07, 6.45) is 6.56. The number of thioether (sulfide) groups is 1. The molecule has 1 aromatic heterocycles. The fourth-order valence-electron chi connectivity index (χ4n) is 5.66. The molecular formula is C37H44N6O4S. The number of fused-ring (bicyclic) bond motifs is 1. The molecule has 2 unspecified atom stereocenters. The minimum Gasteiger partial charge on any atom is -0.480 e. The van der Waals surface area contributed by atoms with Gasteiger partial charge in [-0.05, 0) is 58.4 Å². The van der Waals surface area contributed by atoms with E-state index in [-0.39, 0.29) is 36.7 Å². The molecule has 0 aliphatic heterocycles. The van der Waals surface area contributed by atoms with Crippen LogP contribution in [0.15, 0.2) is 79.3 Å². The maximum atomic E-state index is 13.5. The number of imidazole rings is 1. The molecule has 2 amide bonds. The molecule has 0 radical (unpaired) electrons. The number of nitrogens with zero attached hydrogens (tertiary/aromatic N) is 4. The Hall–Kier alpha value is -4.66. The maximum Gasteiger partial charge on any atom is 0.326 e. The number of carboxylic acid groups (broad SMARTS) is 1. The first kappa shape index (κ1) is 36.2. The Labute approximate surface area is 286 Å². The van der Waals surface area contributed by atoms with Crippen LogP contribution in [0.2, 0.25) is 0 Å². The van der Waals surface area contributed by atoms with E-state index in [1.807, 2.05) is 64.3 Å². The molecule has 1 heterocycles. The number of nitrogens with one attached hydrogen (secondary N) is 2. The molecule has 4 rings (SSSR count). The summed E-state index contributed by atoms with van der Waals surface area (Å²) in [7, 11) is 0. The number of aromatic nitrogens is 2. The SMILES string of the molecule is CCC(C)C(CN(CC(=O)N[C@@H](CCSC)C(=O)O)Cc1cccc2ccccc12)NC(=O)Cc1cncn1Cc1ccc(C#N)cc1.